The van der Waals surface area contributed by atoms with Gasteiger partial charge < -0.3 is 20.1 Å². The zero-order valence-corrected chi connectivity index (χ0v) is 15.2. The van der Waals surface area contributed by atoms with E-state index in [0.717, 1.165) is 5.69 Å². The fraction of sp³-hybridized carbons (Fsp3) is 0.143. The molecule has 0 atom stereocenters. The molecule has 0 aliphatic rings. The summed E-state index contributed by atoms with van der Waals surface area (Å²) in [4.78, 5) is 16.9. The molecule has 6 nitrogen and oxygen atoms in total. The Bertz CT molecular complexity index is 874. The first-order valence-corrected chi connectivity index (χ1v) is 8.47. The molecule has 0 spiro atoms. The minimum absolute atomic E-state index is 0.329. The average Bonchev–Trinajstić information content (AvgIpc) is 2.73. The van der Waals surface area contributed by atoms with E-state index in [9.17, 15) is 4.79 Å². The molecule has 3 aromatic rings. The summed E-state index contributed by atoms with van der Waals surface area (Å²) in [6.07, 6.45) is 1.68. The van der Waals surface area contributed by atoms with Crippen molar-refractivity contribution in [2.45, 2.75) is 6.54 Å². The van der Waals surface area contributed by atoms with Crippen molar-refractivity contribution in [3.8, 4) is 11.5 Å². The number of hydrogen-bond donors (Lipinski definition) is 2. The van der Waals surface area contributed by atoms with Gasteiger partial charge in [-0.25, -0.2) is 4.98 Å². The van der Waals surface area contributed by atoms with Crippen LogP contribution in [0.25, 0.3) is 0 Å². The molecule has 0 saturated heterocycles. The van der Waals surface area contributed by atoms with Crippen molar-refractivity contribution in [1.29, 1.82) is 0 Å². The predicted molar refractivity (Wildman–Crippen MR) is 106 cm³/mol. The second-order valence-corrected chi connectivity index (χ2v) is 5.76. The number of nitrogens with zero attached hydrogens (tertiary/aromatic N) is 1. The molecular formula is C21H21N3O3. The molecule has 0 unspecified atom stereocenters. The Morgan fingerprint density at radius 3 is 2.22 bits per heavy atom. The van der Waals surface area contributed by atoms with Crippen LogP contribution >= 0.6 is 0 Å². The highest BCUT2D eigenvalue weighted by molar-refractivity contribution is 6.07. The van der Waals surface area contributed by atoms with Gasteiger partial charge in [-0.05, 0) is 29.8 Å². The molecule has 6 heteroatoms. The van der Waals surface area contributed by atoms with Crippen molar-refractivity contribution in [3.63, 3.8) is 0 Å². The molecular weight excluding hydrogens is 342 g/mol. The topological polar surface area (TPSA) is 72.5 Å². The largest absolute Gasteiger partial charge is 0.496 e. The summed E-state index contributed by atoms with van der Waals surface area (Å²) in [5.41, 5.74) is 2.38. The van der Waals surface area contributed by atoms with Crippen molar-refractivity contribution in [2.24, 2.45) is 0 Å². The molecule has 1 aromatic heterocycles. The lowest BCUT2D eigenvalue weighted by molar-refractivity contribution is 0.102. The fourth-order valence-corrected chi connectivity index (χ4v) is 2.63. The Kier molecular flexibility index (Phi) is 5.89. The molecule has 0 aliphatic heterocycles. The summed E-state index contributed by atoms with van der Waals surface area (Å²) >= 11 is 0. The lowest BCUT2D eigenvalue weighted by atomic mass is 10.1. The van der Waals surface area contributed by atoms with E-state index in [2.05, 4.69) is 27.8 Å². The zero-order valence-electron chi connectivity index (χ0n) is 15.2. The van der Waals surface area contributed by atoms with E-state index in [1.807, 2.05) is 24.3 Å². The third-order valence-electron chi connectivity index (χ3n) is 4.00. The van der Waals surface area contributed by atoms with Crippen LogP contribution < -0.4 is 20.1 Å². The van der Waals surface area contributed by atoms with Crippen molar-refractivity contribution >= 4 is 17.4 Å². The second-order valence-electron chi connectivity index (χ2n) is 5.76. The minimum atomic E-state index is -0.346. The zero-order chi connectivity index (χ0) is 19.1. The molecule has 1 heterocycles. The van der Waals surface area contributed by atoms with Crippen LogP contribution in [-0.2, 0) is 6.54 Å². The van der Waals surface area contributed by atoms with E-state index < -0.39 is 0 Å². The number of carbonyl (C=O) groups excluding carboxylic acids is 1. The molecule has 2 N–H and O–H groups in total. The van der Waals surface area contributed by atoms with Gasteiger partial charge in [0.15, 0.2) is 0 Å². The number of hydrogen-bond acceptors (Lipinski definition) is 5. The van der Waals surface area contributed by atoms with Crippen molar-refractivity contribution in [3.05, 3.63) is 78.0 Å². The van der Waals surface area contributed by atoms with Crippen LogP contribution in [0, 0.1) is 0 Å². The summed E-state index contributed by atoms with van der Waals surface area (Å²) < 4.78 is 10.5. The maximum absolute atomic E-state index is 12.6. The normalized spacial score (nSPS) is 10.1. The van der Waals surface area contributed by atoms with Crippen LogP contribution in [0.2, 0.25) is 0 Å². The minimum Gasteiger partial charge on any atom is -0.496 e. The number of amides is 1. The third-order valence-corrected chi connectivity index (χ3v) is 4.00. The Labute approximate surface area is 158 Å². The van der Waals surface area contributed by atoms with Gasteiger partial charge in [-0.3, -0.25) is 4.79 Å². The average molecular weight is 363 g/mol. The summed E-state index contributed by atoms with van der Waals surface area (Å²) in [5.74, 6) is 0.973. The van der Waals surface area contributed by atoms with E-state index in [4.69, 9.17) is 9.47 Å². The molecule has 1 amide bonds. The molecule has 0 aliphatic carbocycles. The van der Waals surface area contributed by atoms with Crippen LogP contribution in [0.4, 0.5) is 11.5 Å². The van der Waals surface area contributed by atoms with Crippen molar-refractivity contribution in [1.82, 2.24) is 4.98 Å². The van der Waals surface area contributed by atoms with E-state index in [1.165, 1.54) is 19.8 Å². The summed E-state index contributed by atoms with van der Waals surface area (Å²) in [5, 5.41) is 6.07. The lowest BCUT2D eigenvalue weighted by Crippen LogP contribution is -2.15. The Hall–Kier alpha value is -3.54. The number of nitrogens with one attached hydrogen (secondary N) is 2. The predicted octanol–water partition coefficient (Wildman–Crippen LogP) is 3.96. The molecule has 138 valence electrons. The van der Waals surface area contributed by atoms with Gasteiger partial charge in [0, 0.05) is 6.54 Å². The van der Waals surface area contributed by atoms with E-state index in [-0.39, 0.29) is 5.91 Å². The quantitative estimate of drug-likeness (QED) is 0.665. The number of anilines is 2. The number of benzene rings is 2. The van der Waals surface area contributed by atoms with E-state index in [0.29, 0.717) is 29.4 Å². The van der Waals surface area contributed by atoms with E-state index >= 15 is 0 Å². The van der Waals surface area contributed by atoms with Crippen LogP contribution in [0.1, 0.15) is 15.9 Å². The van der Waals surface area contributed by atoms with Gasteiger partial charge in [0.2, 0.25) is 0 Å². The highest BCUT2D eigenvalue weighted by Crippen LogP contribution is 2.28. The monoisotopic (exact) mass is 363 g/mol. The molecule has 0 saturated carbocycles. The Morgan fingerprint density at radius 1 is 0.926 bits per heavy atom. The van der Waals surface area contributed by atoms with Gasteiger partial charge in [0.1, 0.15) is 22.9 Å². The van der Waals surface area contributed by atoms with Crippen LogP contribution in [0.15, 0.2) is 66.9 Å². The molecule has 0 fully saturated rings. The van der Waals surface area contributed by atoms with Crippen molar-refractivity contribution < 1.29 is 14.3 Å². The number of pyridine rings is 1. The SMILES string of the molecule is COc1cccc(OC)c1C(=O)Nc1ccc(NCc2ccccc2)cn1. The molecule has 2 aromatic carbocycles. The number of rotatable bonds is 7. The lowest BCUT2D eigenvalue weighted by Gasteiger charge is -2.13. The molecule has 3 rings (SSSR count). The Balaban J connectivity index is 1.67. The highest BCUT2D eigenvalue weighted by atomic mass is 16.5. The first kappa shape index (κ1) is 18.3. The van der Waals surface area contributed by atoms with Gasteiger partial charge in [0.25, 0.3) is 5.91 Å². The second kappa shape index (κ2) is 8.71. The van der Waals surface area contributed by atoms with Gasteiger partial charge in [0.05, 0.1) is 26.1 Å². The standard InChI is InChI=1S/C21H21N3O3/c1-26-17-9-6-10-18(27-2)20(17)21(25)24-19-12-11-16(14-23-19)22-13-15-7-4-3-5-8-15/h3-12,14,22H,13H2,1-2H3,(H,23,24,25). The van der Waals surface area contributed by atoms with Crippen LogP contribution in [-0.4, -0.2) is 25.1 Å². The van der Waals surface area contributed by atoms with Gasteiger partial charge >= 0.3 is 0 Å². The number of ether oxygens (including phenoxy) is 2. The molecule has 0 bridgehead atoms. The van der Waals surface area contributed by atoms with Crippen molar-refractivity contribution in [2.75, 3.05) is 24.9 Å². The third kappa shape index (κ3) is 4.55. The van der Waals surface area contributed by atoms with Gasteiger partial charge in [-0.15, -0.1) is 0 Å². The number of carbonyl (C=O) groups is 1. The molecule has 0 radical (unpaired) electrons. The van der Waals surface area contributed by atoms with Crippen LogP contribution in [0.3, 0.4) is 0 Å². The maximum atomic E-state index is 12.6. The smallest absolute Gasteiger partial charge is 0.264 e. The van der Waals surface area contributed by atoms with Gasteiger partial charge in [-0.1, -0.05) is 36.4 Å². The van der Waals surface area contributed by atoms with Crippen LogP contribution in [0.5, 0.6) is 11.5 Å². The summed E-state index contributed by atoms with van der Waals surface area (Å²) in [6.45, 7) is 0.701. The first-order valence-electron chi connectivity index (χ1n) is 8.47. The summed E-state index contributed by atoms with van der Waals surface area (Å²) in [6, 6.07) is 18.9. The highest BCUT2D eigenvalue weighted by Gasteiger charge is 2.18. The number of aromatic nitrogens is 1. The maximum Gasteiger partial charge on any atom is 0.264 e. The van der Waals surface area contributed by atoms with E-state index in [1.54, 1.807) is 30.5 Å². The fourth-order valence-electron chi connectivity index (χ4n) is 2.63. The summed E-state index contributed by atoms with van der Waals surface area (Å²) in [7, 11) is 3.02. The number of methoxy groups -OCH3 is 2. The molecule has 27 heavy (non-hydrogen) atoms. The Morgan fingerprint density at radius 2 is 1.63 bits per heavy atom. The first-order chi connectivity index (χ1) is 13.2. The van der Waals surface area contributed by atoms with Gasteiger partial charge in [-0.2, -0.15) is 0 Å².